The molecule has 6 heteroatoms. The molecule has 1 heterocycles. The third-order valence-corrected chi connectivity index (χ3v) is 4.82. The first-order chi connectivity index (χ1) is 10.1. The van der Waals surface area contributed by atoms with Crippen LogP contribution in [-0.2, 0) is 11.2 Å². The maximum Gasteiger partial charge on any atom is 0.347 e. The number of hydrogen-bond acceptors (Lipinski definition) is 4. The van der Waals surface area contributed by atoms with Crippen molar-refractivity contribution in [3.05, 3.63) is 10.6 Å². The summed E-state index contributed by atoms with van der Waals surface area (Å²) >= 11 is 1.06. The van der Waals surface area contributed by atoms with Gasteiger partial charge in [0.05, 0.1) is 5.69 Å². The summed E-state index contributed by atoms with van der Waals surface area (Å²) in [7, 11) is 0. The van der Waals surface area contributed by atoms with Crippen LogP contribution in [0.15, 0.2) is 0 Å². The van der Waals surface area contributed by atoms with Crippen molar-refractivity contribution in [3.63, 3.8) is 0 Å². The van der Waals surface area contributed by atoms with Crippen molar-refractivity contribution >= 4 is 28.3 Å². The zero-order valence-corrected chi connectivity index (χ0v) is 13.2. The molecule has 1 saturated carbocycles. The van der Waals surface area contributed by atoms with Crippen molar-refractivity contribution in [2.75, 3.05) is 5.32 Å². The van der Waals surface area contributed by atoms with Crippen LogP contribution in [0, 0.1) is 5.92 Å². The standard InChI is InChI=1S/C15H22N2O3S/c1-2-6-11-13(14(19)20)21-15(16-11)17-12(18)9-10-7-4-3-5-8-10/h10H,2-9H2,1H3,(H,19,20)(H,16,17,18). The molecule has 1 aromatic heterocycles. The molecule has 5 nitrogen and oxygen atoms in total. The fourth-order valence-corrected chi connectivity index (χ4v) is 3.67. The number of amides is 1. The fraction of sp³-hybridized carbons (Fsp3) is 0.667. The summed E-state index contributed by atoms with van der Waals surface area (Å²) in [6.07, 6.45) is 7.89. The predicted octanol–water partition coefficient (Wildman–Crippen LogP) is 3.70. The minimum absolute atomic E-state index is 0.0457. The normalized spacial score (nSPS) is 15.9. The molecule has 2 rings (SSSR count). The number of rotatable bonds is 6. The molecule has 0 spiro atoms. The number of thiazole rings is 1. The molecule has 0 unspecified atom stereocenters. The van der Waals surface area contributed by atoms with E-state index in [1.54, 1.807) is 0 Å². The number of carboxylic acids is 1. The van der Waals surface area contributed by atoms with Crippen molar-refractivity contribution in [2.24, 2.45) is 5.92 Å². The number of carboxylic acid groups (broad SMARTS) is 1. The lowest BCUT2D eigenvalue weighted by atomic mass is 9.87. The van der Waals surface area contributed by atoms with E-state index in [9.17, 15) is 9.59 Å². The Hall–Kier alpha value is -1.43. The van der Waals surface area contributed by atoms with Gasteiger partial charge in [-0.2, -0.15) is 0 Å². The average Bonchev–Trinajstić information content (AvgIpc) is 2.83. The molecule has 116 valence electrons. The lowest BCUT2D eigenvalue weighted by Gasteiger charge is -2.20. The monoisotopic (exact) mass is 310 g/mol. The second-order valence-corrected chi connectivity index (χ2v) is 6.61. The van der Waals surface area contributed by atoms with Crippen LogP contribution in [0.25, 0.3) is 0 Å². The highest BCUT2D eigenvalue weighted by Crippen LogP contribution is 2.28. The molecule has 1 aliphatic rings. The Kier molecular flexibility index (Phi) is 5.73. The van der Waals surface area contributed by atoms with Gasteiger partial charge in [0, 0.05) is 6.42 Å². The van der Waals surface area contributed by atoms with E-state index in [0.717, 1.165) is 30.6 Å². The average molecular weight is 310 g/mol. The molecule has 21 heavy (non-hydrogen) atoms. The predicted molar refractivity (Wildman–Crippen MR) is 82.9 cm³/mol. The lowest BCUT2D eigenvalue weighted by molar-refractivity contribution is -0.117. The minimum atomic E-state index is -0.969. The molecule has 0 saturated heterocycles. The molecular weight excluding hydrogens is 288 g/mol. The fourth-order valence-electron chi connectivity index (χ4n) is 2.80. The first-order valence-electron chi connectivity index (χ1n) is 7.63. The number of anilines is 1. The van der Waals surface area contributed by atoms with Crippen LogP contribution >= 0.6 is 11.3 Å². The number of nitrogens with one attached hydrogen (secondary N) is 1. The van der Waals surface area contributed by atoms with Crippen LogP contribution in [-0.4, -0.2) is 22.0 Å². The Morgan fingerprint density at radius 3 is 2.67 bits per heavy atom. The van der Waals surface area contributed by atoms with Crippen molar-refractivity contribution in [1.82, 2.24) is 4.98 Å². The number of nitrogens with zero attached hydrogens (tertiary/aromatic N) is 1. The minimum Gasteiger partial charge on any atom is -0.477 e. The maximum atomic E-state index is 12.0. The van der Waals surface area contributed by atoms with E-state index < -0.39 is 5.97 Å². The smallest absolute Gasteiger partial charge is 0.347 e. The maximum absolute atomic E-state index is 12.0. The summed E-state index contributed by atoms with van der Waals surface area (Å²) in [5.74, 6) is -0.549. The zero-order chi connectivity index (χ0) is 15.2. The summed E-state index contributed by atoms with van der Waals surface area (Å²) < 4.78 is 0. The molecule has 1 aliphatic carbocycles. The molecule has 2 N–H and O–H groups in total. The number of carbonyl (C=O) groups excluding carboxylic acids is 1. The SMILES string of the molecule is CCCc1nc(NC(=O)CC2CCCCC2)sc1C(=O)O. The van der Waals surface area contributed by atoms with E-state index in [4.69, 9.17) is 5.11 Å². The van der Waals surface area contributed by atoms with Crippen molar-refractivity contribution in [2.45, 2.75) is 58.3 Å². The van der Waals surface area contributed by atoms with Gasteiger partial charge in [-0.05, 0) is 25.2 Å². The van der Waals surface area contributed by atoms with Crippen LogP contribution in [0.5, 0.6) is 0 Å². The van der Waals surface area contributed by atoms with E-state index in [1.165, 1.54) is 19.3 Å². The Morgan fingerprint density at radius 2 is 2.05 bits per heavy atom. The van der Waals surface area contributed by atoms with Gasteiger partial charge in [0.25, 0.3) is 0 Å². The number of hydrogen-bond donors (Lipinski definition) is 2. The Labute approximate surface area is 128 Å². The third kappa shape index (κ3) is 4.52. The first-order valence-corrected chi connectivity index (χ1v) is 8.44. The van der Waals surface area contributed by atoms with Crippen LogP contribution in [0.3, 0.4) is 0 Å². The van der Waals surface area contributed by atoms with Gasteiger partial charge in [-0.15, -0.1) is 0 Å². The highest BCUT2D eigenvalue weighted by Gasteiger charge is 2.20. The summed E-state index contributed by atoms with van der Waals surface area (Å²) in [5, 5.41) is 12.3. The quantitative estimate of drug-likeness (QED) is 0.839. The Bertz CT molecular complexity index is 507. The van der Waals surface area contributed by atoms with Crippen LogP contribution in [0.2, 0.25) is 0 Å². The van der Waals surface area contributed by atoms with Gasteiger partial charge >= 0.3 is 5.97 Å². The van der Waals surface area contributed by atoms with E-state index in [2.05, 4.69) is 10.3 Å². The highest BCUT2D eigenvalue weighted by molar-refractivity contribution is 7.17. The lowest BCUT2D eigenvalue weighted by Crippen LogP contribution is -2.18. The van der Waals surface area contributed by atoms with Crippen LogP contribution < -0.4 is 5.32 Å². The van der Waals surface area contributed by atoms with Gasteiger partial charge in [-0.3, -0.25) is 4.79 Å². The van der Waals surface area contributed by atoms with E-state index in [0.29, 0.717) is 29.6 Å². The molecule has 0 aromatic carbocycles. The first kappa shape index (κ1) is 15.9. The van der Waals surface area contributed by atoms with Gasteiger partial charge in [0.15, 0.2) is 5.13 Å². The summed E-state index contributed by atoms with van der Waals surface area (Å²) in [6.45, 7) is 1.98. The van der Waals surface area contributed by atoms with Gasteiger partial charge in [-0.1, -0.05) is 43.9 Å². The summed E-state index contributed by atoms with van der Waals surface area (Å²) in [6, 6.07) is 0. The van der Waals surface area contributed by atoms with Gasteiger partial charge in [0.2, 0.25) is 5.91 Å². The van der Waals surface area contributed by atoms with Gasteiger partial charge in [-0.25, -0.2) is 9.78 Å². The largest absolute Gasteiger partial charge is 0.477 e. The molecule has 0 aliphatic heterocycles. The number of carbonyl (C=O) groups is 2. The summed E-state index contributed by atoms with van der Waals surface area (Å²) in [5.41, 5.74) is 0.572. The topological polar surface area (TPSA) is 79.3 Å². The Morgan fingerprint density at radius 1 is 1.33 bits per heavy atom. The molecule has 0 bridgehead atoms. The second kappa shape index (κ2) is 7.54. The second-order valence-electron chi connectivity index (χ2n) is 5.61. The number of aryl methyl sites for hydroxylation is 1. The number of aromatic nitrogens is 1. The van der Waals surface area contributed by atoms with Crippen LogP contribution in [0.4, 0.5) is 5.13 Å². The van der Waals surface area contributed by atoms with Crippen molar-refractivity contribution < 1.29 is 14.7 Å². The molecule has 0 atom stereocenters. The van der Waals surface area contributed by atoms with Gasteiger partial charge < -0.3 is 10.4 Å². The molecule has 0 radical (unpaired) electrons. The molecular formula is C15H22N2O3S. The van der Waals surface area contributed by atoms with Crippen molar-refractivity contribution in [1.29, 1.82) is 0 Å². The molecule has 1 fully saturated rings. The summed E-state index contributed by atoms with van der Waals surface area (Å²) in [4.78, 5) is 27.7. The molecule has 1 amide bonds. The number of aromatic carboxylic acids is 1. The highest BCUT2D eigenvalue weighted by atomic mass is 32.1. The van der Waals surface area contributed by atoms with Crippen molar-refractivity contribution in [3.8, 4) is 0 Å². The van der Waals surface area contributed by atoms with Gasteiger partial charge in [0.1, 0.15) is 4.88 Å². The van der Waals surface area contributed by atoms with E-state index in [-0.39, 0.29) is 10.8 Å². The Balaban J connectivity index is 1.96. The van der Waals surface area contributed by atoms with Crippen LogP contribution in [0.1, 0.15) is 67.2 Å². The van der Waals surface area contributed by atoms with E-state index in [1.807, 2.05) is 6.92 Å². The zero-order valence-electron chi connectivity index (χ0n) is 12.4. The third-order valence-electron chi connectivity index (χ3n) is 3.82. The molecule has 1 aromatic rings. The van der Waals surface area contributed by atoms with E-state index >= 15 is 0 Å².